The molecule has 1 aromatic heterocycles. The molecule has 1 unspecified atom stereocenters. The van der Waals surface area contributed by atoms with Gasteiger partial charge in [-0.1, -0.05) is 41.2 Å². The zero-order chi connectivity index (χ0) is 24.9. The number of benzene rings is 3. The van der Waals surface area contributed by atoms with Gasteiger partial charge in [-0.3, -0.25) is 14.5 Å². The van der Waals surface area contributed by atoms with Crippen LogP contribution in [0.4, 0.5) is 13.9 Å². The Hall–Kier alpha value is -4.11. The number of hydrogen-bond donors (Lipinski definition) is 1. The second-order valence-corrected chi connectivity index (χ2v) is 9.05. The molecule has 1 N–H and O–H groups in total. The Balaban J connectivity index is 1.73. The molecule has 176 valence electrons. The molecule has 35 heavy (non-hydrogen) atoms. The van der Waals surface area contributed by atoms with Crippen molar-refractivity contribution < 1.29 is 28.2 Å². The van der Waals surface area contributed by atoms with Gasteiger partial charge in [-0.2, -0.15) is 0 Å². The molecule has 1 aliphatic rings. The van der Waals surface area contributed by atoms with Crippen molar-refractivity contribution in [1.29, 1.82) is 0 Å². The summed E-state index contributed by atoms with van der Waals surface area (Å²) in [5.74, 6) is -3.28. The van der Waals surface area contributed by atoms with Gasteiger partial charge < -0.3 is 9.84 Å². The normalized spacial score (nSPS) is 17.4. The van der Waals surface area contributed by atoms with Crippen LogP contribution in [0.1, 0.15) is 22.7 Å². The summed E-state index contributed by atoms with van der Waals surface area (Å²) < 4.78 is 33.5. The van der Waals surface area contributed by atoms with Crippen LogP contribution in [-0.2, 0) is 9.59 Å². The van der Waals surface area contributed by atoms with Crippen LogP contribution >= 0.6 is 11.3 Å². The van der Waals surface area contributed by atoms with Gasteiger partial charge in [-0.25, -0.2) is 13.8 Å². The number of rotatable bonds is 4. The number of halogens is 2. The number of fused-ring (bicyclic) bond motifs is 1. The molecule has 0 aliphatic carbocycles. The van der Waals surface area contributed by atoms with Gasteiger partial charge in [-0.15, -0.1) is 0 Å². The molecule has 6 nitrogen and oxygen atoms in total. The molecule has 0 spiro atoms. The number of thiazole rings is 1. The molecule has 0 bridgehead atoms. The fraction of sp³-hybridized carbons (Fsp3) is 0.115. The molecule has 1 aliphatic heterocycles. The Bertz CT molecular complexity index is 1530. The molecule has 2 heterocycles. The summed E-state index contributed by atoms with van der Waals surface area (Å²) >= 11 is 0.887. The minimum Gasteiger partial charge on any atom is -0.507 e. The Morgan fingerprint density at radius 3 is 2.51 bits per heavy atom. The maximum atomic E-state index is 14.4. The molecule has 4 aromatic rings. The van der Waals surface area contributed by atoms with Crippen molar-refractivity contribution in [3.8, 4) is 5.75 Å². The number of aliphatic hydroxyl groups is 1. The zero-order valence-corrected chi connectivity index (χ0v) is 19.4. The number of aromatic nitrogens is 1. The van der Waals surface area contributed by atoms with Crippen molar-refractivity contribution in [2.24, 2.45) is 0 Å². The predicted octanol–water partition coefficient (Wildman–Crippen LogP) is 5.52. The lowest BCUT2D eigenvalue weighted by Gasteiger charge is -2.23. The maximum absolute atomic E-state index is 14.4. The molecule has 1 amide bonds. The van der Waals surface area contributed by atoms with Gasteiger partial charge in [0.15, 0.2) is 10.9 Å². The number of carbonyl (C=O) groups is 2. The van der Waals surface area contributed by atoms with Crippen LogP contribution in [0, 0.1) is 18.6 Å². The lowest BCUT2D eigenvalue weighted by Crippen LogP contribution is -2.29. The highest BCUT2D eigenvalue weighted by molar-refractivity contribution is 7.22. The number of Topliss-reactive ketones (excluding diaryl/α,β-unsaturated/α-hetero) is 1. The number of ketones is 1. The van der Waals surface area contributed by atoms with E-state index in [9.17, 15) is 23.5 Å². The fourth-order valence-electron chi connectivity index (χ4n) is 4.14. The highest BCUT2D eigenvalue weighted by Gasteiger charge is 2.48. The van der Waals surface area contributed by atoms with E-state index in [1.807, 2.05) is 13.0 Å². The Kier molecular flexibility index (Phi) is 5.56. The molecular weight excluding hydrogens is 474 g/mol. The van der Waals surface area contributed by atoms with E-state index < -0.39 is 29.4 Å². The average Bonchev–Trinajstić information content (AvgIpc) is 3.37. The van der Waals surface area contributed by atoms with Crippen LogP contribution in [0.15, 0.2) is 66.2 Å². The number of nitrogens with zero attached hydrogens (tertiary/aromatic N) is 2. The van der Waals surface area contributed by atoms with Crippen molar-refractivity contribution in [2.45, 2.75) is 13.0 Å². The van der Waals surface area contributed by atoms with Gasteiger partial charge >= 0.3 is 5.91 Å². The molecular formula is C26H18F2N2O4S. The lowest BCUT2D eigenvalue weighted by atomic mass is 9.94. The standard InChI is InChI=1S/C26H18F2N2O4S/c1-13-4-3-5-15(10-13)22-20(23(31)14-6-8-17(34-2)9-7-14)24(32)25(33)30(22)26-29-21-18(28)11-16(27)12-19(21)35-26/h3-12,22,31H,1-2H3/b23-20+. The van der Waals surface area contributed by atoms with E-state index in [2.05, 4.69) is 4.98 Å². The second kappa shape index (κ2) is 8.59. The Morgan fingerprint density at radius 2 is 1.83 bits per heavy atom. The number of carbonyl (C=O) groups excluding carboxylic acids is 2. The first-order valence-electron chi connectivity index (χ1n) is 10.6. The van der Waals surface area contributed by atoms with Gasteiger partial charge in [0.25, 0.3) is 5.78 Å². The lowest BCUT2D eigenvalue weighted by molar-refractivity contribution is -0.132. The van der Waals surface area contributed by atoms with Crippen molar-refractivity contribution in [3.63, 3.8) is 0 Å². The van der Waals surface area contributed by atoms with E-state index in [-0.39, 0.29) is 26.7 Å². The smallest absolute Gasteiger partial charge is 0.301 e. The number of aliphatic hydroxyl groups excluding tert-OH is 1. The Labute approximate surface area is 202 Å². The van der Waals surface area contributed by atoms with Crippen molar-refractivity contribution in [3.05, 3.63) is 94.6 Å². The minimum absolute atomic E-state index is 0.0203. The largest absolute Gasteiger partial charge is 0.507 e. The quantitative estimate of drug-likeness (QED) is 0.231. The third-order valence-electron chi connectivity index (χ3n) is 5.77. The first kappa shape index (κ1) is 22.7. The van der Waals surface area contributed by atoms with Crippen LogP contribution < -0.4 is 9.64 Å². The summed E-state index contributed by atoms with van der Waals surface area (Å²) in [4.78, 5) is 31.9. The average molecular weight is 493 g/mol. The zero-order valence-electron chi connectivity index (χ0n) is 18.6. The number of anilines is 1. The first-order chi connectivity index (χ1) is 16.8. The molecule has 0 radical (unpaired) electrons. The van der Waals surface area contributed by atoms with Gasteiger partial charge in [0.05, 0.1) is 23.4 Å². The molecule has 0 saturated carbocycles. The van der Waals surface area contributed by atoms with Crippen LogP contribution in [0.2, 0.25) is 0 Å². The van der Waals surface area contributed by atoms with Crippen LogP contribution in [0.25, 0.3) is 16.0 Å². The molecule has 1 fully saturated rings. The predicted molar refractivity (Wildman–Crippen MR) is 128 cm³/mol. The van der Waals surface area contributed by atoms with Crippen LogP contribution in [0.3, 0.4) is 0 Å². The van der Waals surface area contributed by atoms with E-state index in [4.69, 9.17) is 4.74 Å². The van der Waals surface area contributed by atoms with Crippen molar-refractivity contribution in [2.75, 3.05) is 12.0 Å². The SMILES string of the molecule is COc1ccc(/C(O)=C2\C(=O)C(=O)N(c3nc4c(F)cc(F)cc4s3)C2c2cccc(C)c2)cc1. The second-order valence-electron chi connectivity index (χ2n) is 8.04. The van der Waals surface area contributed by atoms with E-state index in [0.29, 0.717) is 22.9 Å². The third kappa shape index (κ3) is 3.83. The number of aryl methyl sites for hydroxylation is 1. The highest BCUT2D eigenvalue weighted by Crippen LogP contribution is 2.44. The maximum Gasteiger partial charge on any atom is 0.301 e. The number of hydrogen-bond acceptors (Lipinski definition) is 6. The van der Waals surface area contributed by atoms with Crippen molar-refractivity contribution >= 4 is 44.1 Å². The monoisotopic (exact) mass is 492 g/mol. The first-order valence-corrected chi connectivity index (χ1v) is 11.4. The summed E-state index contributed by atoms with van der Waals surface area (Å²) in [7, 11) is 1.50. The summed E-state index contributed by atoms with van der Waals surface area (Å²) in [6, 6.07) is 14.3. The van der Waals surface area contributed by atoms with Crippen LogP contribution in [0.5, 0.6) is 5.75 Å². The number of ether oxygens (including phenoxy) is 1. The van der Waals surface area contributed by atoms with Gasteiger partial charge in [0, 0.05) is 11.6 Å². The number of amides is 1. The van der Waals surface area contributed by atoms with E-state index in [0.717, 1.165) is 27.9 Å². The van der Waals surface area contributed by atoms with Gasteiger partial charge in [-0.05, 0) is 42.8 Å². The molecule has 1 atom stereocenters. The van der Waals surface area contributed by atoms with Gasteiger partial charge in [0.1, 0.15) is 22.8 Å². The molecule has 9 heteroatoms. The minimum atomic E-state index is -1.02. The molecule has 5 rings (SSSR count). The van der Waals surface area contributed by atoms with Gasteiger partial charge in [0.2, 0.25) is 0 Å². The summed E-state index contributed by atoms with van der Waals surface area (Å²) in [5, 5.41) is 11.2. The van der Waals surface area contributed by atoms with Crippen LogP contribution in [-0.4, -0.2) is 28.9 Å². The molecule has 3 aromatic carbocycles. The summed E-state index contributed by atoms with van der Waals surface area (Å²) in [5.41, 5.74) is 1.52. The third-order valence-corrected chi connectivity index (χ3v) is 6.78. The number of methoxy groups -OCH3 is 1. The fourth-order valence-corrected chi connectivity index (χ4v) is 5.17. The van der Waals surface area contributed by atoms with E-state index in [1.165, 1.54) is 7.11 Å². The Morgan fingerprint density at radius 1 is 1.09 bits per heavy atom. The summed E-state index contributed by atoms with van der Waals surface area (Å²) in [6.45, 7) is 1.86. The molecule has 1 saturated heterocycles. The van der Waals surface area contributed by atoms with E-state index >= 15 is 0 Å². The topological polar surface area (TPSA) is 79.7 Å². The highest BCUT2D eigenvalue weighted by atomic mass is 32.1. The summed E-state index contributed by atoms with van der Waals surface area (Å²) in [6.07, 6.45) is 0. The van der Waals surface area contributed by atoms with Crippen molar-refractivity contribution in [1.82, 2.24) is 4.98 Å². The van der Waals surface area contributed by atoms with E-state index in [1.54, 1.807) is 42.5 Å².